The van der Waals surface area contributed by atoms with E-state index in [1.807, 2.05) is 18.2 Å². The second-order valence-electron chi connectivity index (χ2n) is 9.33. The number of nitrogens with zero attached hydrogens (tertiary/aromatic N) is 1. The fourth-order valence-electron chi connectivity index (χ4n) is 4.99. The second-order valence-corrected chi connectivity index (χ2v) is 9.33. The quantitative estimate of drug-likeness (QED) is 0.597. The van der Waals surface area contributed by atoms with E-state index in [-0.39, 0.29) is 33.8 Å². The molecule has 2 N–H and O–H groups in total. The number of halogens is 2. The zero-order valence-corrected chi connectivity index (χ0v) is 17.7. The third-order valence-electron chi connectivity index (χ3n) is 7.08. The molecule has 6 rings (SSSR count). The summed E-state index contributed by atoms with van der Waals surface area (Å²) in [6, 6.07) is 8.98. The van der Waals surface area contributed by atoms with E-state index in [0.717, 1.165) is 36.9 Å². The summed E-state index contributed by atoms with van der Waals surface area (Å²) < 4.78 is 33.7. The van der Waals surface area contributed by atoms with Crippen LogP contribution >= 0.6 is 0 Å². The van der Waals surface area contributed by atoms with Gasteiger partial charge in [0.15, 0.2) is 5.75 Å². The molecule has 2 saturated carbocycles. The van der Waals surface area contributed by atoms with Gasteiger partial charge in [-0.05, 0) is 67.0 Å². The Morgan fingerprint density at radius 1 is 1.18 bits per heavy atom. The van der Waals surface area contributed by atoms with Crippen LogP contribution < -0.4 is 15.5 Å². The summed E-state index contributed by atoms with van der Waals surface area (Å²) in [6.07, 6.45) is 6.12. The first-order valence-corrected chi connectivity index (χ1v) is 11.1. The molecule has 2 aliphatic carbocycles. The van der Waals surface area contributed by atoms with Crippen molar-refractivity contribution >= 4 is 16.9 Å². The molecule has 170 valence electrons. The van der Waals surface area contributed by atoms with Gasteiger partial charge in [0.1, 0.15) is 5.56 Å². The Hall–Kier alpha value is -3.26. The summed E-state index contributed by atoms with van der Waals surface area (Å²) in [7, 11) is 0. The lowest BCUT2D eigenvalue weighted by molar-refractivity contribution is -0.0486. The van der Waals surface area contributed by atoms with Crippen LogP contribution in [0, 0.1) is 0 Å². The van der Waals surface area contributed by atoms with Gasteiger partial charge in [0.05, 0.1) is 10.9 Å². The Morgan fingerprint density at radius 2 is 1.97 bits per heavy atom. The van der Waals surface area contributed by atoms with Gasteiger partial charge in [-0.25, -0.2) is 4.79 Å². The molecule has 0 radical (unpaired) electrons. The molecule has 0 bridgehead atoms. The highest BCUT2D eigenvalue weighted by molar-refractivity contribution is 5.97. The molecular formula is C25H22F2N2O4. The second kappa shape index (κ2) is 7.12. The first-order chi connectivity index (χ1) is 15.8. The molecule has 3 aromatic rings. The normalized spacial score (nSPS) is 18.5. The average molecular weight is 452 g/mol. The zero-order valence-electron chi connectivity index (χ0n) is 17.7. The molecule has 0 saturated heterocycles. The van der Waals surface area contributed by atoms with Crippen LogP contribution in [0.5, 0.6) is 5.75 Å². The number of alkyl halides is 2. The maximum absolute atomic E-state index is 13.6. The number of hydrogen-bond donors (Lipinski definition) is 2. The van der Waals surface area contributed by atoms with E-state index in [0.29, 0.717) is 5.56 Å². The predicted molar refractivity (Wildman–Crippen MR) is 118 cm³/mol. The molecule has 6 nitrogen and oxygen atoms in total. The van der Waals surface area contributed by atoms with Crippen LogP contribution in [0.4, 0.5) is 8.78 Å². The molecule has 1 aromatic heterocycles. The largest absolute Gasteiger partial charge is 0.477 e. The van der Waals surface area contributed by atoms with Crippen molar-refractivity contribution in [1.82, 2.24) is 9.88 Å². The van der Waals surface area contributed by atoms with E-state index in [1.54, 1.807) is 10.6 Å². The Labute approximate surface area is 187 Å². The van der Waals surface area contributed by atoms with Crippen LogP contribution in [0.1, 0.15) is 53.2 Å². The van der Waals surface area contributed by atoms with E-state index >= 15 is 0 Å². The lowest BCUT2D eigenvalue weighted by Gasteiger charge is -2.26. The van der Waals surface area contributed by atoms with Gasteiger partial charge in [0.25, 0.3) is 0 Å². The Morgan fingerprint density at radius 3 is 2.64 bits per heavy atom. The van der Waals surface area contributed by atoms with Crippen molar-refractivity contribution in [3.05, 3.63) is 63.4 Å². The third kappa shape index (κ3) is 3.40. The van der Waals surface area contributed by atoms with Crippen molar-refractivity contribution in [1.29, 1.82) is 0 Å². The van der Waals surface area contributed by atoms with Gasteiger partial charge < -0.3 is 19.7 Å². The minimum atomic E-state index is -3.09. The van der Waals surface area contributed by atoms with Gasteiger partial charge in [-0.1, -0.05) is 12.1 Å². The summed E-state index contributed by atoms with van der Waals surface area (Å²) in [6.45, 7) is -2.37. The molecule has 2 aromatic carbocycles. The van der Waals surface area contributed by atoms with Gasteiger partial charge in [-0.2, -0.15) is 8.78 Å². The number of fused-ring (bicyclic) bond motifs is 2. The fourth-order valence-corrected chi connectivity index (χ4v) is 4.99. The number of aromatic carboxylic acids is 1. The standard InChI is InChI=1S/C25H22F2N2O4/c26-24(27)33-22-17(13-1-2-14-10-25(7-8-25)28-11-15(14)9-13)5-6-18-20(22)29(16-3-4-16)12-19(21(18)30)23(31)32/h1-2,5-6,9,12,16,24,28H,3-4,7-8,10-11H2,(H,31,32). The maximum Gasteiger partial charge on any atom is 0.387 e. The highest BCUT2D eigenvalue weighted by Gasteiger charge is 2.44. The van der Waals surface area contributed by atoms with Gasteiger partial charge in [-0.3, -0.25) is 4.79 Å². The molecule has 1 spiro atoms. The molecule has 2 heterocycles. The molecule has 1 aliphatic heterocycles. The highest BCUT2D eigenvalue weighted by atomic mass is 19.3. The lowest BCUT2D eigenvalue weighted by atomic mass is 9.90. The minimum Gasteiger partial charge on any atom is -0.477 e. The Kier molecular flexibility index (Phi) is 4.39. The molecule has 2 fully saturated rings. The van der Waals surface area contributed by atoms with E-state index in [2.05, 4.69) is 5.32 Å². The topological polar surface area (TPSA) is 80.6 Å². The number of hydrogen-bond acceptors (Lipinski definition) is 4. The van der Waals surface area contributed by atoms with Gasteiger partial charge in [-0.15, -0.1) is 0 Å². The van der Waals surface area contributed by atoms with Crippen LogP contribution in [0.15, 0.2) is 41.3 Å². The summed E-state index contributed by atoms with van der Waals surface area (Å²) >= 11 is 0. The highest BCUT2D eigenvalue weighted by Crippen LogP contribution is 2.45. The van der Waals surface area contributed by atoms with Crippen LogP contribution in [0.3, 0.4) is 0 Å². The van der Waals surface area contributed by atoms with E-state index in [1.165, 1.54) is 30.7 Å². The van der Waals surface area contributed by atoms with E-state index in [9.17, 15) is 23.5 Å². The summed E-state index contributed by atoms with van der Waals surface area (Å²) in [4.78, 5) is 24.5. The fraction of sp³-hybridized carbons (Fsp3) is 0.360. The van der Waals surface area contributed by atoms with Crippen LogP contribution in [0.2, 0.25) is 0 Å². The summed E-state index contributed by atoms with van der Waals surface area (Å²) in [5.74, 6) is -1.43. The zero-order chi connectivity index (χ0) is 22.9. The van der Waals surface area contributed by atoms with Crippen molar-refractivity contribution < 1.29 is 23.4 Å². The number of pyridine rings is 1. The number of aromatic nitrogens is 1. The van der Waals surface area contributed by atoms with Crippen molar-refractivity contribution in [2.45, 2.75) is 56.8 Å². The monoisotopic (exact) mass is 452 g/mol. The molecule has 3 aliphatic rings. The van der Waals surface area contributed by atoms with Gasteiger partial charge >= 0.3 is 12.6 Å². The molecule has 0 atom stereocenters. The molecular weight excluding hydrogens is 430 g/mol. The first-order valence-electron chi connectivity index (χ1n) is 11.1. The van der Waals surface area contributed by atoms with E-state index in [4.69, 9.17) is 4.74 Å². The van der Waals surface area contributed by atoms with Gasteiger partial charge in [0, 0.05) is 29.9 Å². The number of carbonyl (C=O) groups is 1. The minimum absolute atomic E-state index is 0.0519. The predicted octanol–water partition coefficient (Wildman–Crippen LogP) is 4.48. The molecule has 33 heavy (non-hydrogen) atoms. The number of benzene rings is 2. The summed E-state index contributed by atoms with van der Waals surface area (Å²) in [5.41, 5.74) is 2.92. The third-order valence-corrected chi connectivity index (χ3v) is 7.08. The lowest BCUT2D eigenvalue weighted by Crippen LogP contribution is -2.37. The van der Waals surface area contributed by atoms with Gasteiger partial charge in [0.2, 0.25) is 5.43 Å². The number of rotatable bonds is 5. The Balaban J connectivity index is 1.57. The first kappa shape index (κ1) is 20.4. The SMILES string of the molecule is O=C(O)c1cn(C2CC2)c2c(OC(F)F)c(-c3ccc4c(c3)CNC3(CC3)C4)ccc2c1=O. The maximum atomic E-state index is 13.6. The number of nitrogens with one attached hydrogen (secondary N) is 1. The molecule has 0 amide bonds. The van der Waals surface area contributed by atoms with Crippen molar-refractivity contribution in [2.24, 2.45) is 0 Å². The Bertz CT molecular complexity index is 1370. The number of carboxylic acids is 1. The number of carboxylic acid groups (broad SMARTS) is 1. The molecule has 8 heteroatoms. The van der Waals surface area contributed by atoms with Crippen LogP contribution in [-0.2, 0) is 13.0 Å². The van der Waals surface area contributed by atoms with Crippen molar-refractivity contribution in [3.8, 4) is 16.9 Å². The number of ether oxygens (including phenoxy) is 1. The average Bonchev–Trinajstić information content (AvgIpc) is 3.71. The molecule has 0 unspecified atom stereocenters. The van der Waals surface area contributed by atoms with E-state index < -0.39 is 18.0 Å². The summed E-state index contributed by atoms with van der Waals surface area (Å²) in [5, 5.41) is 13.1. The van der Waals surface area contributed by atoms with Crippen molar-refractivity contribution in [3.63, 3.8) is 0 Å². The van der Waals surface area contributed by atoms with Crippen molar-refractivity contribution in [2.75, 3.05) is 0 Å². The smallest absolute Gasteiger partial charge is 0.387 e. The van der Waals surface area contributed by atoms with Crippen LogP contribution in [-0.4, -0.2) is 27.8 Å². The van der Waals surface area contributed by atoms with Crippen LogP contribution in [0.25, 0.3) is 22.0 Å².